The minimum Gasteiger partial charge on any atom is -0.300 e. The average molecular weight is 322 g/mol. The maximum atomic E-state index is 10.6. The molecule has 0 unspecified atom stereocenters. The van der Waals surface area contributed by atoms with Gasteiger partial charge in [-0.05, 0) is 40.5 Å². The van der Waals surface area contributed by atoms with E-state index in [0.717, 1.165) is 0 Å². The SMILES string of the molecule is CC(C)=O.CC(C)=O.NN.NNC(=O)CCCCC(=O)NN. The van der Waals surface area contributed by atoms with Crippen LogP contribution in [0.5, 0.6) is 0 Å². The van der Waals surface area contributed by atoms with Gasteiger partial charge in [0.1, 0.15) is 11.6 Å². The van der Waals surface area contributed by atoms with E-state index in [1.807, 2.05) is 10.9 Å². The average Bonchev–Trinajstić information content (AvgIpc) is 2.43. The Bertz CT molecular complexity index is 272. The van der Waals surface area contributed by atoms with Gasteiger partial charge in [0.05, 0.1) is 0 Å². The number of hydrogen-bond donors (Lipinski definition) is 6. The van der Waals surface area contributed by atoms with Crippen LogP contribution in [0.4, 0.5) is 0 Å². The van der Waals surface area contributed by atoms with E-state index < -0.39 is 0 Å². The van der Waals surface area contributed by atoms with Gasteiger partial charge in [0, 0.05) is 12.8 Å². The zero-order valence-corrected chi connectivity index (χ0v) is 13.8. The Labute approximate surface area is 131 Å². The lowest BCUT2D eigenvalue weighted by Gasteiger charge is -1.99. The molecular formula is C12H30N6O4. The summed E-state index contributed by atoms with van der Waals surface area (Å²) in [4.78, 5) is 40.0. The second kappa shape index (κ2) is 24.2. The molecular weight excluding hydrogens is 292 g/mol. The number of hydrazine groups is 3. The smallest absolute Gasteiger partial charge is 0.233 e. The van der Waals surface area contributed by atoms with Crippen molar-refractivity contribution in [2.24, 2.45) is 23.4 Å². The van der Waals surface area contributed by atoms with Gasteiger partial charge in [-0.1, -0.05) is 0 Å². The molecule has 0 aliphatic carbocycles. The lowest BCUT2D eigenvalue weighted by molar-refractivity contribution is -0.123. The Morgan fingerprint density at radius 3 is 1.00 bits per heavy atom. The fourth-order valence-corrected chi connectivity index (χ4v) is 0.715. The molecule has 10 heteroatoms. The number of hydrogen-bond acceptors (Lipinski definition) is 8. The standard InChI is InChI=1S/C6H14N4O2.2C3H6O.H4N2/c7-9-5(11)3-1-2-4-6(12)10-8;2*1-3(2)4;1-2/h1-4,7-8H2,(H,9,11)(H,10,12);2*1-2H3;1-2H2. The normalized spacial score (nSPS) is 7.64. The molecule has 0 saturated carbocycles. The van der Waals surface area contributed by atoms with Crippen LogP contribution >= 0.6 is 0 Å². The van der Waals surface area contributed by atoms with E-state index in [0.29, 0.717) is 25.7 Å². The van der Waals surface area contributed by atoms with Crippen LogP contribution in [0.3, 0.4) is 0 Å². The Morgan fingerprint density at radius 2 is 0.864 bits per heavy atom. The predicted molar refractivity (Wildman–Crippen MR) is 84.2 cm³/mol. The molecule has 2 amide bonds. The second-order valence-corrected chi connectivity index (χ2v) is 4.16. The monoisotopic (exact) mass is 322 g/mol. The van der Waals surface area contributed by atoms with E-state index >= 15 is 0 Å². The summed E-state index contributed by atoms with van der Waals surface area (Å²) in [7, 11) is 0. The Hall–Kier alpha value is -1.88. The van der Waals surface area contributed by atoms with Gasteiger partial charge in [-0.15, -0.1) is 0 Å². The van der Waals surface area contributed by atoms with Gasteiger partial charge in [-0.2, -0.15) is 0 Å². The van der Waals surface area contributed by atoms with Crippen molar-refractivity contribution in [3.63, 3.8) is 0 Å². The van der Waals surface area contributed by atoms with Crippen molar-refractivity contribution in [1.82, 2.24) is 10.9 Å². The molecule has 0 radical (unpaired) electrons. The highest BCUT2D eigenvalue weighted by molar-refractivity contribution is 5.76. The summed E-state index contributed by atoms with van der Waals surface area (Å²) in [5.74, 6) is 17.6. The number of Topliss-reactive ketones (excluding diaryl/α,β-unsaturated/α-hetero) is 2. The molecule has 0 heterocycles. The Balaban J connectivity index is -0.000000133. The summed E-state index contributed by atoms with van der Waals surface area (Å²) in [6.45, 7) is 6.11. The van der Waals surface area contributed by atoms with Crippen molar-refractivity contribution in [2.75, 3.05) is 0 Å². The van der Waals surface area contributed by atoms with Crippen molar-refractivity contribution in [3.8, 4) is 0 Å². The molecule has 10 nitrogen and oxygen atoms in total. The largest absolute Gasteiger partial charge is 0.300 e. The van der Waals surface area contributed by atoms with Crippen LogP contribution in [0.1, 0.15) is 53.4 Å². The van der Waals surface area contributed by atoms with Gasteiger partial charge >= 0.3 is 0 Å². The first-order valence-electron chi connectivity index (χ1n) is 6.43. The van der Waals surface area contributed by atoms with Crippen molar-refractivity contribution >= 4 is 23.4 Å². The molecule has 0 spiro atoms. The van der Waals surface area contributed by atoms with Crippen LogP contribution in [0.15, 0.2) is 0 Å². The number of unbranched alkanes of at least 4 members (excludes halogenated alkanes) is 1. The van der Waals surface area contributed by atoms with Crippen LogP contribution in [0.2, 0.25) is 0 Å². The quantitative estimate of drug-likeness (QED) is 0.153. The lowest BCUT2D eigenvalue weighted by Crippen LogP contribution is -2.30. The number of nitrogens with two attached hydrogens (primary N) is 4. The Morgan fingerprint density at radius 1 is 0.682 bits per heavy atom. The summed E-state index contributed by atoms with van der Waals surface area (Å²) in [6.07, 6.45) is 1.95. The predicted octanol–water partition coefficient (Wildman–Crippen LogP) is -1.46. The molecule has 0 aromatic rings. The van der Waals surface area contributed by atoms with Crippen molar-refractivity contribution in [1.29, 1.82) is 0 Å². The number of nitrogens with one attached hydrogen (secondary N) is 2. The van der Waals surface area contributed by atoms with E-state index in [1.165, 1.54) is 27.7 Å². The third-order valence-corrected chi connectivity index (χ3v) is 1.38. The van der Waals surface area contributed by atoms with Crippen molar-refractivity contribution in [2.45, 2.75) is 53.4 Å². The molecule has 0 bridgehead atoms. The maximum Gasteiger partial charge on any atom is 0.233 e. The minimum absolute atomic E-state index is 0.167. The first kappa shape index (κ1) is 28.3. The third-order valence-electron chi connectivity index (χ3n) is 1.38. The fraction of sp³-hybridized carbons (Fsp3) is 0.667. The van der Waals surface area contributed by atoms with Gasteiger partial charge in [-0.25, -0.2) is 11.7 Å². The van der Waals surface area contributed by atoms with Crippen LogP contribution < -0.4 is 34.2 Å². The van der Waals surface area contributed by atoms with Gasteiger partial charge in [0.15, 0.2) is 0 Å². The summed E-state index contributed by atoms with van der Waals surface area (Å²) in [5.41, 5.74) is 4.01. The number of rotatable bonds is 5. The van der Waals surface area contributed by atoms with Crippen LogP contribution in [-0.2, 0) is 19.2 Å². The second-order valence-electron chi connectivity index (χ2n) is 4.16. The zero-order chi connectivity index (χ0) is 18.6. The molecule has 132 valence electrons. The molecule has 0 aliphatic rings. The molecule has 0 saturated heterocycles. The van der Waals surface area contributed by atoms with Crippen molar-refractivity contribution < 1.29 is 19.2 Å². The van der Waals surface area contributed by atoms with Gasteiger partial charge in [0.2, 0.25) is 11.8 Å². The van der Waals surface area contributed by atoms with Gasteiger partial charge < -0.3 is 9.59 Å². The van der Waals surface area contributed by atoms with Crippen LogP contribution in [-0.4, -0.2) is 23.4 Å². The number of carbonyl (C=O) groups excluding carboxylic acids is 4. The van der Waals surface area contributed by atoms with E-state index in [2.05, 4.69) is 11.7 Å². The van der Waals surface area contributed by atoms with Crippen LogP contribution in [0, 0.1) is 0 Å². The van der Waals surface area contributed by atoms with E-state index in [-0.39, 0.29) is 23.4 Å². The van der Waals surface area contributed by atoms with E-state index in [1.54, 1.807) is 0 Å². The minimum atomic E-state index is -0.219. The Kier molecular flexibility index (Phi) is 31.1. The summed E-state index contributed by atoms with van der Waals surface area (Å²) in [5, 5.41) is 0. The highest BCUT2D eigenvalue weighted by Crippen LogP contribution is 1.98. The highest BCUT2D eigenvalue weighted by atomic mass is 16.2. The molecule has 0 aromatic heterocycles. The van der Waals surface area contributed by atoms with E-state index in [4.69, 9.17) is 11.7 Å². The third kappa shape index (κ3) is 63.9. The molecule has 0 aromatic carbocycles. The molecule has 0 fully saturated rings. The molecule has 10 N–H and O–H groups in total. The van der Waals surface area contributed by atoms with Crippen LogP contribution in [0.25, 0.3) is 0 Å². The van der Waals surface area contributed by atoms with Gasteiger partial charge in [-0.3, -0.25) is 32.1 Å². The zero-order valence-electron chi connectivity index (χ0n) is 13.8. The number of amides is 2. The fourth-order valence-electron chi connectivity index (χ4n) is 0.715. The summed E-state index contributed by atoms with van der Waals surface area (Å²) in [6, 6.07) is 0. The maximum absolute atomic E-state index is 10.6. The number of carbonyl (C=O) groups is 4. The first-order valence-corrected chi connectivity index (χ1v) is 6.43. The molecule has 22 heavy (non-hydrogen) atoms. The first-order chi connectivity index (χ1) is 10.2. The lowest BCUT2D eigenvalue weighted by atomic mass is 10.2. The van der Waals surface area contributed by atoms with Crippen molar-refractivity contribution in [3.05, 3.63) is 0 Å². The topological polar surface area (TPSA) is 196 Å². The summed E-state index contributed by atoms with van der Waals surface area (Å²) >= 11 is 0. The number of ketones is 2. The highest BCUT2D eigenvalue weighted by Gasteiger charge is 2.00. The molecule has 0 atom stereocenters. The summed E-state index contributed by atoms with van der Waals surface area (Å²) < 4.78 is 0. The molecule has 0 rings (SSSR count). The molecule has 0 aliphatic heterocycles. The van der Waals surface area contributed by atoms with Gasteiger partial charge in [0.25, 0.3) is 0 Å². The van der Waals surface area contributed by atoms with E-state index in [9.17, 15) is 19.2 Å².